The normalized spacial score (nSPS) is 17.7. The van der Waals surface area contributed by atoms with E-state index >= 15 is 0 Å². The summed E-state index contributed by atoms with van der Waals surface area (Å²) in [6.45, 7) is 8.80. The zero-order valence-electron chi connectivity index (χ0n) is 25.1. The second-order valence-corrected chi connectivity index (χ2v) is 13.0. The monoisotopic (exact) mass is 606 g/mol. The summed E-state index contributed by atoms with van der Waals surface area (Å²) in [5.41, 5.74) is 2.18. The van der Waals surface area contributed by atoms with Crippen LogP contribution < -0.4 is 10.2 Å². The number of ether oxygens (including phenoxy) is 2. The Morgan fingerprint density at radius 2 is 1.86 bits per heavy atom. The van der Waals surface area contributed by atoms with Crippen LogP contribution in [0.1, 0.15) is 68.3 Å². The van der Waals surface area contributed by atoms with Gasteiger partial charge in [-0.2, -0.15) is 4.98 Å². The molecule has 1 aromatic heterocycles. The maximum absolute atomic E-state index is 14.0. The molecule has 2 amide bonds. The lowest BCUT2D eigenvalue weighted by atomic mass is 9.92. The van der Waals surface area contributed by atoms with Crippen LogP contribution in [0.15, 0.2) is 51.9 Å². The number of ketones is 1. The van der Waals surface area contributed by atoms with Crippen molar-refractivity contribution in [1.29, 1.82) is 0 Å². The number of nitrogens with zero attached hydrogens (tertiary/aromatic N) is 3. The summed E-state index contributed by atoms with van der Waals surface area (Å²) < 4.78 is 16.0. The van der Waals surface area contributed by atoms with Crippen LogP contribution >= 0.6 is 11.8 Å². The van der Waals surface area contributed by atoms with Crippen LogP contribution in [-0.2, 0) is 20.8 Å². The van der Waals surface area contributed by atoms with Gasteiger partial charge in [-0.05, 0) is 63.6 Å². The number of aromatic nitrogens is 2. The number of anilines is 1. The van der Waals surface area contributed by atoms with Crippen LogP contribution in [0.5, 0.6) is 0 Å². The first-order valence-electron chi connectivity index (χ1n) is 14.6. The zero-order chi connectivity index (χ0) is 30.6. The Morgan fingerprint density at radius 1 is 1.12 bits per heavy atom. The number of hydrogen-bond donors (Lipinski definition) is 1. The molecule has 3 aromatic rings. The Bertz CT molecular complexity index is 1460. The third-order valence-electron chi connectivity index (χ3n) is 7.43. The third kappa shape index (κ3) is 8.03. The van der Waals surface area contributed by atoms with Crippen molar-refractivity contribution < 1.29 is 28.4 Å². The van der Waals surface area contributed by atoms with Crippen LogP contribution in [-0.4, -0.2) is 58.5 Å². The molecule has 228 valence electrons. The lowest BCUT2D eigenvalue weighted by Crippen LogP contribution is -2.50. The van der Waals surface area contributed by atoms with Crippen LogP contribution in [0, 0.1) is 12.8 Å². The van der Waals surface area contributed by atoms with Gasteiger partial charge in [-0.1, -0.05) is 35.5 Å². The maximum atomic E-state index is 14.0. The van der Waals surface area contributed by atoms with Gasteiger partial charge >= 0.3 is 6.09 Å². The first kappa shape index (κ1) is 30.7. The second kappa shape index (κ2) is 13.3. The quantitative estimate of drug-likeness (QED) is 0.309. The molecule has 0 unspecified atom stereocenters. The van der Waals surface area contributed by atoms with Gasteiger partial charge in [0.1, 0.15) is 11.6 Å². The highest BCUT2D eigenvalue weighted by atomic mass is 32.2. The van der Waals surface area contributed by atoms with Crippen LogP contribution in [0.3, 0.4) is 0 Å². The summed E-state index contributed by atoms with van der Waals surface area (Å²) in [7, 11) is 0. The first-order valence-corrected chi connectivity index (χ1v) is 15.6. The molecule has 1 atom stereocenters. The Labute approximate surface area is 255 Å². The van der Waals surface area contributed by atoms with Gasteiger partial charge in [0, 0.05) is 48.3 Å². The van der Waals surface area contributed by atoms with E-state index in [2.05, 4.69) is 15.5 Å². The number of hydrogen-bond acceptors (Lipinski definition) is 9. The average molecular weight is 607 g/mol. The second-order valence-electron chi connectivity index (χ2n) is 12.0. The minimum atomic E-state index is -0.818. The number of Topliss-reactive ketones (excluding diaryl/α,β-unsaturated/α-hetero) is 1. The molecule has 3 heterocycles. The molecule has 0 aliphatic carbocycles. The van der Waals surface area contributed by atoms with E-state index < -0.39 is 17.7 Å². The first-order chi connectivity index (χ1) is 20.6. The van der Waals surface area contributed by atoms with Crippen molar-refractivity contribution in [3.05, 3.63) is 59.5 Å². The Balaban J connectivity index is 1.40. The number of alkyl carbamates (subject to hydrolysis) is 1. The largest absolute Gasteiger partial charge is 0.444 e. The Kier molecular flexibility index (Phi) is 9.51. The fourth-order valence-electron chi connectivity index (χ4n) is 5.16. The van der Waals surface area contributed by atoms with Crippen molar-refractivity contribution >= 4 is 35.2 Å². The number of fused-ring (bicyclic) bond motifs is 1. The Hall–Kier alpha value is -3.70. The van der Waals surface area contributed by atoms with Crippen molar-refractivity contribution in [3.8, 4) is 11.4 Å². The van der Waals surface area contributed by atoms with Crippen molar-refractivity contribution in [1.82, 2.24) is 15.5 Å². The zero-order valence-corrected chi connectivity index (χ0v) is 25.9. The van der Waals surface area contributed by atoms with E-state index in [1.165, 1.54) is 11.8 Å². The fraction of sp³-hybridized carbons (Fsp3) is 0.469. The minimum absolute atomic E-state index is 0.0547. The van der Waals surface area contributed by atoms with Crippen molar-refractivity contribution in [2.75, 3.05) is 23.9 Å². The molecule has 1 N–H and O–H groups in total. The van der Waals surface area contributed by atoms with Crippen LogP contribution in [0.2, 0.25) is 0 Å². The topological polar surface area (TPSA) is 124 Å². The molecule has 1 saturated heterocycles. The van der Waals surface area contributed by atoms with Gasteiger partial charge < -0.3 is 24.2 Å². The minimum Gasteiger partial charge on any atom is -0.444 e. The fourth-order valence-corrected chi connectivity index (χ4v) is 6.22. The summed E-state index contributed by atoms with van der Waals surface area (Å²) in [5.74, 6) is 1.56. The Morgan fingerprint density at radius 3 is 2.53 bits per heavy atom. The highest BCUT2D eigenvalue weighted by Crippen LogP contribution is 2.37. The van der Waals surface area contributed by atoms with Gasteiger partial charge in [-0.15, -0.1) is 11.8 Å². The third-order valence-corrected chi connectivity index (χ3v) is 8.59. The van der Waals surface area contributed by atoms with Gasteiger partial charge in [-0.25, -0.2) is 4.79 Å². The number of benzene rings is 2. The van der Waals surface area contributed by atoms with Gasteiger partial charge in [0.15, 0.2) is 5.78 Å². The lowest BCUT2D eigenvalue weighted by molar-refractivity contribution is -0.120. The lowest BCUT2D eigenvalue weighted by Gasteiger charge is -2.27. The van der Waals surface area contributed by atoms with E-state index in [9.17, 15) is 14.4 Å². The molecule has 43 heavy (non-hydrogen) atoms. The molecule has 2 aliphatic rings. The van der Waals surface area contributed by atoms with Crippen LogP contribution in [0.4, 0.5) is 10.5 Å². The number of carbonyl (C=O) groups is 3. The molecular weight excluding hydrogens is 568 g/mol. The summed E-state index contributed by atoms with van der Waals surface area (Å²) in [5, 5.41) is 6.74. The summed E-state index contributed by atoms with van der Waals surface area (Å²) in [6.07, 6.45) is 2.58. The van der Waals surface area contributed by atoms with Gasteiger partial charge in [0.25, 0.3) is 5.91 Å². The SMILES string of the molecule is Cc1nc(-c2ccc(CN3C(=O)[C@@H](NC(=O)OC(C)(C)C)CSc4ccc(C(=O)CCC5CCOCC5)cc43)cc2)no1. The number of nitrogens with one attached hydrogen (secondary N) is 1. The standard InChI is InChI=1S/C32H38N4O6S/c1-20-33-29(35-42-20)23-8-5-22(6-9-23)18-36-26-17-24(27(37)11-7-21-13-15-40-16-14-21)10-12-28(26)43-19-25(30(36)38)34-31(39)41-32(2,3)4/h5-6,8-10,12,17,21,25H,7,11,13-16,18-19H2,1-4H3,(H,34,39)/t25-/m0/s1. The predicted octanol–water partition coefficient (Wildman–Crippen LogP) is 5.97. The molecule has 2 aliphatic heterocycles. The predicted molar refractivity (Wildman–Crippen MR) is 163 cm³/mol. The molecule has 0 bridgehead atoms. The number of rotatable bonds is 8. The molecule has 11 heteroatoms. The van der Waals surface area contributed by atoms with E-state index in [0.717, 1.165) is 48.5 Å². The van der Waals surface area contributed by atoms with Gasteiger partial charge in [0.2, 0.25) is 11.7 Å². The van der Waals surface area contributed by atoms with E-state index in [-0.39, 0.29) is 18.2 Å². The molecule has 2 aromatic carbocycles. The van der Waals surface area contributed by atoms with Crippen LogP contribution in [0.25, 0.3) is 11.4 Å². The number of carbonyl (C=O) groups excluding carboxylic acids is 3. The van der Waals surface area contributed by atoms with Crippen molar-refractivity contribution in [3.63, 3.8) is 0 Å². The smallest absolute Gasteiger partial charge is 0.408 e. The molecule has 0 spiro atoms. The molecule has 5 rings (SSSR count). The number of aryl methyl sites for hydroxylation is 1. The number of amides is 2. The van der Waals surface area contributed by atoms with E-state index in [1.54, 1.807) is 32.6 Å². The summed E-state index contributed by atoms with van der Waals surface area (Å²) in [6, 6.07) is 12.3. The highest BCUT2D eigenvalue weighted by molar-refractivity contribution is 7.99. The van der Waals surface area contributed by atoms with E-state index in [0.29, 0.717) is 41.1 Å². The van der Waals surface area contributed by atoms with E-state index in [4.69, 9.17) is 14.0 Å². The van der Waals surface area contributed by atoms with Gasteiger partial charge in [0.05, 0.1) is 12.2 Å². The van der Waals surface area contributed by atoms with Crippen molar-refractivity contribution in [2.24, 2.45) is 5.92 Å². The summed E-state index contributed by atoms with van der Waals surface area (Å²) >= 11 is 1.47. The molecule has 0 radical (unpaired) electrons. The van der Waals surface area contributed by atoms with Crippen molar-refractivity contribution in [2.45, 2.75) is 76.5 Å². The van der Waals surface area contributed by atoms with E-state index in [1.807, 2.05) is 42.5 Å². The maximum Gasteiger partial charge on any atom is 0.408 e. The molecule has 1 fully saturated rings. The molecule has 10 nitrogen and oxygen atoms in total. The van der Waals surface area contributed by atoms with Gasteiger partial charge in [-0.3, -0.25) is 9.59 Å². The number of thioether (sulfide) groups is 1. The summed E-state index contributed by atoms with van der Waals surface area (Å²) in [4.78, 5) is 46.8. The molecule has 0 saturated carbocycles. The molecular formula is C32H38N4O6S. The average Bonchev–Trinajstić information content (AvgIpc) is 3.37. The highest BCUT2D eigenvalue weighted by Gasteiger charge is 2.34.